The zero-order chi connectivity index (χ0) is 20.7. The molecule has 3 heterocycles. The summed E-state index contributed by atoms with van der Waals surface area (Å²) in [5.41, 5.74) is 2.09. The van der Waals surface area contributed by atoms with Gasteiger partial charge in [-0.15, -0.1) is 0 Å². The third-order valence-corrected chi connectivity index (χ3v) is 5.73. The first-order valence-electron chi connectivity index (χ1n) is 9.29. The Kier molecular flexibility index (Phi) is 4.53. The van der Waals surface area contributed by atoms with Gasteiger partial charge in [0.1, 0.15) is 5.75 Å². The Hall–Kier alpha value is -3.56. The number of aromatic amines is 1. The summed E-state index contributed by atoms with van der Waals surface area (Å²) in [4.78, 5) is 26.3. The van der Waals surface area contributed by atoms with Gasteiger partial charge in [-0.05, 0) is 29.8 Å². The number of nitrogens with one attached hydrogen (secondary N) is 1. The second-order valence-electron chi connectivity index (χ2n) is 6.68. The van der Waals surface area contributed by atoms with Crippen molar-refractivity contribution in [3.05, 3.63) is 71.1 Å². The summed E-state index contributed by atoms with van der Waals surface area (Å²) in [6, 6.07) is 16.4. The van der Waals surface area contributed by atoms with Crippen molar-refractivity contribution < 1.29 is 10.2 Å². The Labute approximate surface area is 174 Å². The number of phenolic OH excluding ortho intramolecular Hbond substituents is 1. The van der Waals surface area contributed by atoms with Crippen LogP contribution in [0.15, 0.2) is 75.6 Å². The fraction of sp³-hybridized carbons (Fsp3) is 0.0952. The fourth-order valence-electron chi connectivity index (χ4n) is 3.30. The van der Waals surface area contributed by atoms with Crippen molar-refractivity contribution in [1.82, 2.24) is 23.9 Å². The number of imidazole rings is 2. The minimum Gasteiger partial charge on any atom is -0.508 e. The van der Waals surface area contributed by atoms with Gasteiger partial charge in [0.05, 0.1) is 12.3 Å². The molecule has 9 heteroatoms. The summed E-state index contributed by atoms with van der Waals surface area (Å²) in [5.74, 6) is 0.582. The van der Waals surface area contributed by atoms with Gasteiger partial charge in [-0.25, -0.2) is 9.38 Å². The van der Waals surface area contributed by atoms with E-state index in [2.05, 4.69) is 15.0 Å². The van der Waals surface area contributed by atoms with Gasteiger partial charge >= 0.3 is 0 Å². The zero-order valence-electron chi connectivity index (χ0n) is 15.7. The van der Waals surface area contributed by atoms with Gasteiger partial charge in [-0.3, -0.25) is 4.79 Å². The van der Waals surface area contributed by atoms with Crippen LogP contribution in [0.1, 0.15) is 0 Å². The molecule has 0 unspecified atom stereocenters. The largest absolute Gasteiger partial charge is 0.508 e. The van der Waals surface area contributed by atoms with Gasteiger partial charge < -0.3 is 19.8 Å². The van der Waals surface area contributed by atoms with Gasteiger partial charge in [-0.1, -0.05) is 42.1 Å². The van der Waals surface area contributed by atoms with E-state index in [1.165, 1.54) is 16.2 Å². The molecule has 2 aromatic carbocycles. The number of fused-ring (bicyclic) bond motifs is 2. The fourth-order valence-corrected chi connectivity index (χ4v) is 4.21. The molecule has 0 saturated heterocycles. The Bertz CT molecular complexity index is 1400. The first-order valence-corrected chi connectivity index (χ1v) is 10.1. The normalized spacial score (nSPS) is 11.5. The van der Waals surface area contributed by atoms with Gasteiger partial charge in [0, 0.05) is 17.6 Å². The van der Waals surface area contributed by atoms with Crippen LogP contribution in [-0.2, 0) is 6.54 Å². The summed E-state index contributed by atoms with van der Waals surface area (Å²) in [6.45, 7) is 0.140. The number of aromatic nitrogens is 5. The van der Waals surface area contributed by atoms with E-state index in [9.17, 15) is 15.0 Å². The number of aromatic hydroxyl groups is 1. The lowest BCUT2D eigenvalue weighted by molar-refractivity contribution is 0.273. The molecule has 150 valence electrons. The summed E-state index contributed by atoms with van der Waals surface area (Å²) in [5, 5.41) is 19.6. The number of rotatable bonds is 5. The molecule has 0 aliphatic heterocycles. The van der Waals surface area contributed by atoms with Crippen LogP contribution in [0, 0.1) is 0 Å². The van der Waals surface area contributed by atoms with Crippen molar-refractivity contribution in [3.63, 3.8) is 0 Å². The second kappa shape index (κ2) is 7.36. The molecule has 0 spiro atoms. The lowest BCUT2D eigenvalue weighted by atomic mass is 10.2. The Morgan fingerprint density at radius 2 is 1.80 bits per heavy atom. The van der Waals surface area contributed by atoms with E-state index in [0.29, 0.717) is 16.6 Å². The molecule has 0 fully saturated rings. The molecule has 5 rings (SSSR count). The van der Waals surface area contributed by atoms with Crippen molar-refractivity contribution in [2.24, 2.45) is 0 Å². The van der Waals surface area contributed by atoms with Crippen LogP contribution in [0.5, 0.6) is 5.75 Å². The molecule has 3 N–H and O–H groups in total. The maximum atomic E-state index is 13.1. The number of benzene rings is 2. The Balaban J connectivity index is 1.66. The van der Waals surface area contributed by atoms with Gasteiger partial charge in [-0.2, -0.15) is 4.98 Å². The molecule has 8 nitrogen and oxygen atoms in total. The first-order chi connectivity index (χ1) is 14.6. The summed E-state index contributed by atoms with van der Waals surface area (Å²) in [6.07, 6.45) is 1.72. The number of aliphatic hydroxyl groups excluding tert-OH is 1. The van der Waals surface area contributed by atoms with Crippen molar-refractivity contribution in [3.8, 4) is 17.0 Å². The maximum Gasteiger partial charge on any atom is 0.287 e. The predicted octanol–water partition coefficient (Wildman–Crippen LogP) is 2.89. The standard InChI is InChI=1S/C21H17N5O3S/c27-11-10-25-18-17(23-21(25)30-15-8-6-14(28)7-9-15)19(29)26-12-16(22-20(26)24-18)13-4-2-1-3-5-13/h1-9,12,27-28H,10-11H2,(H,22,24). The molecule has 30 heavy (non-hydrogen) atoms. The van der Waals surface area contributed by atoms with Gasteiger partial charge in [0.15, 0.2) is 16.3 Å². The van der Waals surface area contributed by atoms with Crippen LogP contribution in [0.2, 0.25) is 0 Å². The number of phenols is 1. The smallest absolute Gasteiger partial charge is 0.287 e. The molecule has 0 bridgehead atoms. The highest BCUT2D eigenvalue weighted by Crippen LogP contribution is 2.30. The number of hydrogen-bond donors (Lipinski definition) is 3. The van der Waals surface area contributed by atoms with Crippen LogP contribution >= 0.6 is 11.8 Å². The first kappa shape index (κ1) is 18.5. The Morgan fingerprint density at radius 3 is 2.53 bits per heavy atom. The van der Waals surface area contributed by atoms with E-state index in [0.717, 1.165) is 16.2 Å². The number of hydrogen-bond acceptors (Lipinski definition) is 6. The lowest BCUT2D eigenvalue weighted by Crippen LogP contribution is -2.14. The highest BCUT2D eigenvalue weighted by atomic mass is 32.2. The molecule has 5 aromatic rings. The monoisotopic (exact) mass is 419 g/mol. The van der Waals surface area contributed by atoms with E-state index >= 15 is 0 Å². The number of H-pyrrole nitrogens is 1. The quantitative estimate of drug-likeness (QED) is 0.404. The molecule has 0 saturated carbocycles. The maximum absolute atomic E-state index is 13.1. The zero-order valence-corrected chi connectivity index (χ0v) is 16.5. The van der Waals surface area contributed by atoms with Crippen LogP contribution in [0.25, 0.3) is 28.2 Å². The molecule has 0 aliphatic carbocycles. The van der Waals surface area contributed by atoms with Crippen LogP contribution < -0.4 is 5.56 Å². The predicted molar refractivity (Wildman–Crippen MR) is 114 cm³/mol. The van der Waals surface area contributed by atoms with Gasteiger partial charge in [0.2, 0.25) is 5.78 Å². The van der Waals surface area contributed by atoms with E-state index < -0.39 is 0 Å². The van der Waals surface area contributed by atoms with Crippen LogP contribution in [-0.4, -0.2) is 40.7 Å². The van der Waals surface area contributed by atoms with Crippen molar-refractivity contribution in [2.75, 3.05) is 6.61 Å². The van der Waals surface area contributed by atoms with Crippen LogP contribution in [0.4, 0.5) is 0 Å². The van der Waals surface area contributed by atoms with E-state index in [1.54, 1.807) is 35.0 Å². The third kappa shape index (κ3) is 3.14. The third-order valence-electron chi connectivity index (χ3n) is 4.73. The number of nitrogens with zero attached hydrogens (tertiary/aromatic N) is 4. The minimum absolute atomic E-state index is 0.115. The van der Waals surface area contributed by atoms with E-state index in [1.807, 2.05) is 30.3 Å². The van der Waals surface area contributed by atoms with E-state index in [4.69, 9.17) is 0 Å². The highest BCUT2D eigenvalue weighted by Gasteiger charge is 2.19. The number of aliphatic hydroxyl groups is 1. The lowest BCUT2D eigenvalue weighted by Gasteiger charge is -2.06. The molecule has 0 radical (unpaired) electrons. The molecule has 0 atom stereocenters. The Morgan fingerprint density at radius 1 is 1.03 bits per heavy atom. The molecule has 0 amide bonds. The molecular formula is C21H17N5O3S. The topological polar surface area (TPSA) is 108 Å². The van der Waals surface area contributed by atoms with Crippen molar-refractivity contribution in [2.45, 2.75) is 16.6 Å². The molecule has 0 aliphatic rings. The summed E-state index contributed by atoms with van der Waals surface area (Å²) in [7, 11) is 0. The van der Waals surface area contributed by atoms with Crippen LogP contribution in [0.3, 0.4) is 0 Å². The minimum atomic E-state index is -0.280. The highest BCUT2D eigenvalue weighted by molar-refractivity contribution is 7.99. The SMILES string of the molecule is O=c1c2nc(Sc3ccc(O)cc3)n(CCO)c2nc2[nH]c(-c3ccccc3)cn12. The van der Waals surface area contributed by atoms with E-state index in [-0.39, 0.29) is 30.0 Å². The van der Waals surface area contributed by atoms with Crippen molar-refractivity contribution in [1.29, 1.82) is 0 Å². The van der Waals surface area contributed by atoms with Gasteiger partial charge in [0.25, 0.3) is 5.56 Å². The average Bonchev–Trinajstić information content (AvgIpc) is 3.34. The second-order valence-corrected chi connectivity index (χ2v) is 7.72. The molecule has 3 aromatic heterocycles. The van der Waals surface area contributed by atoms with Crippen molar-refractivity contribution >= 4 is 28.7 Å². The summed E-state index contributed by atoms with van der Waals surface area (Å²) < 4.78 is 3.19. The molecular weight excluding hydrogens is 402 g/mol. The average molecular weight is 419 g/mol. The summed E-state index contributed by atoms with van der Waals surface area (Å²) >= 11 is 1.34.